The van der Waals surface area contributed by atoms with Crippen LogP contribution in [0.15, 0.2) is 18.2 Å². The molecule has 0 radical (unpaired) electrons. The van der Waals surface area contributed by atoms with Crippen molar-refractivity contribution in [3.05, 3.63) is 34.9 Å². The third kappa shape index (κ3) is 2.25. The van der Waals surface area contributed by atoms with Gasteiger partial charge in [-0.25, -0.2) is 0 Å². The minimum Gasteiger partial charge on any atom is -0.0654 e. The Morgan fingerprint density at radius 3 is 3.00 bits per heavy atom. The molecular formula is C15H22. The summed E-state index contributed by atoms with van der Waals surface area (Å²) in [6.07, 6.45) is 8.23. The summed E-state index contributed by atoms with van der Waals surface area (Å²) in [6.45, 7) is 4.57. The highest BCUT2D eigenvalue weighted by atomic mass is 14.3. The monoisotopic (exact) mass is 202 g/mol. The Morgan fingerprint density at radius 1 is 1.33 bits per heavy atom. The molecule has 0 spiro atoms. The van der Waals surface area contributed by atoms with E-state index >= 15 is 0 Å². The van der Waals surface area contributed by atoms with Gasteiger partial charge in [-0.05, 0) is 55.2 Å². The molecule has 0 bridgehead atoms. The van der Waals surface area contributed by atoms with Crippen LogP contribution in [0, 0.1) is 6.92 Å². The SMILES string of the molecule is CCCCC1CCCc2cccc(C)c21. The van der Waals surface area contributed by atoms with Crippen molar-refractivity contribution in [2.75, 3.05) is 0 Å². The van der Waals surface area contributed by atoms with Crippen molar-refractivity contribution in [1.82, 2.24) is 0 Å². The van der Waals surface area contributed by atoms with Gasteiger partial charge in [-0.15, -0.1) is 0 Å². The van der Waals surface area contributed by atoms with E-state index in [0.29, 0.717) is 0 Å². The number of hydrogen-bond donors (Lipinski definition) is 0. The number of rotatable bonds is 3. The van der Waals surface area contributed by atoms with Gasteiger partial charge in [0.15, 0.2) is 0 Å². The lowest BCUT2D eigenvalue weighted by molar-refractivity contribution is 0.499. The van der Waals surface area contributed by atoms with E-state index in [4.69, 9.17) is 0 Å². The van der Waals surface area contributed by atoms with Crippen LogP contribution in [-0.2, 0) is 6.42 Å². The van der Waals surface area contributed by atoms with E-state index in [-0.39, 0.29) is 0 Å². The van der Waals surface area contributed by atoms with Crippen LogP contribution in [0.4, 0.5) is 0 Å². The predicted octanol–water partition coefficient (Wildman–Crippen LogP) is 4.61. The summed E-state index contributed by atoms with van der Waals surface area (Å²) in [5.74, 6) is 0.856. The summed E-state index contributed by atoms with van der Waals surface area (Å²) in [5.41, 5.74) is 4.84. The predicted molar refractivity (Wildman–Crippen MR) is 66.4 cm³/mol. The average molecular weight is 202 g/mol. The van der Waals surface area contributed by atoms with E-state index in [2.05, 4.69) is 32.0 Å². The fourth-order valence-electron chi connectivity index (χ4n) is 2.97. The van der Waals surface area contributed by atoms with Crippen LogP contribution in [0.1, 0.15) is 61.6 Å². The molecule has 15 heavy (non-hydrogen) atoms. The van der Waals surface area contributed by atoms with E-state index in [1.807, 2.05) is 0 Å². The number of aryl methyl sites for hydroxylation is 2. The molecule has 1 aliphatic carbocycles. The average Bonchev–Trinajstić information content (AvgIpc) is 2.26. The number of benzene rings is 1. The van der Waals surface area contributed by atoms with Gasteiger partial charge >= 0.3 is 0 Å². The molecular weight excluding hydrogens is 180 g/mol. The molecule has 0 aromatic heterocycles. The summed E-state index contributed by atoms with van der Waals surface area (Å²) < 4.78 is 0. The highest BCUT2D eigenvalue weighted by Gasteiger charge is 2.20. The zero-order valence-electron chi connectivity index (χ0n) is 10.1. The molecule has 0 saturated carbocycles. The lowest BCUT2D eigenvalue weighted by atomic mass is 9.78. The molecule has 1 atom stereocenters. The molecule has 1 unspecified atom stereocenters. The first kappa shape index (κ1) is 10.7. The smallest absolute Gasteiger partial charge is 0.0156 e. The lowest BCUT2D eigenvalue weighted by Crippen LogP contribution is -2.11. The van der Waals surface area contributed by atoms with E-state index in [0.717, 1.165) is 5.92 Å². The van der Waals surface area contributed by atoms with Crippen molar-refractivity contribution in [2.24, 2.45) is 0 Å². The Hall–Kier alpha value is -0.780. The van der Waals surface area contributed by atoms with Gasteiger partial charge in [0.1, 0.15) is 0 Å². The second kappa shape index (κ2) is 4.83. The number of unbranched alkanes of at least 4 members (excludes halogenated alkanes) is 1. The van der Waals surface area contributed by atoms with Crippen molar-refractivity contribution in [3.63, 3.8) is 0 Å². The third-order valence-electron chi connectivity index (χ3n) is 3.73. The normalized spacial score (nSPS) is 20.0. The molecule has 0 fully saturated rings. The Labute approximate surface area is 93.7 Å². The van der Waals surface area contributed by atoms with Gasteiger partial charge in [0.05, 0.1) is 0 Å². The minimum atomic E-state index is 0.856. The number of hydrogen-bond acceptors (Lipinski definition) is 0. The summed E-state index contributed by atoms with van der Waals surface area (Å²) >= 11 is 0. The van der Waals surface area contributed by atoms with Gasteiger partial charge in [-0.3, -0.25) is 0 Å². The molecule has 0 nitrogen and oxygen atoms in total. The molecule has 0 amide bonds. The van der Waals surface area contributed by atoms with Crippen LogP contribution < -0.4 is 0 Å². The van der Waals surface area contributed by atoms with Gasteiger partial charge < -0.3 is 0 Å². The quantitative estimate of drug-likeness (QED) is 0.671. The fraction of sp³-hybridized carbons (Fsp3) is 0.600. The Balaban J connectivity index is 2.24. The molecule has 0 heteroatoms. The van der Waals surface area contributed by atoms with Crippen molar-refractivity contribution < 1.29 is 0 Å². The van der Waals surface area contributed by atoms with E-state index in [1.54, 1.807) is 11.1 Å². The minimum absolute atomic E-state index is 0.856. The molecule has 82 valence electrons. The Bertz CT molecular complexity index is 325. The second-order valence-corrected chi connectivity index (χ2v) is 4.88. The topological polar surface area (TPSA) is 0 Å². The molecule has 1 aliphatic rings. The zero-order chi connectivity index (χ0) is 10.7. The maximum atomic E-state index is 2.33. The fourth-order valence-corrected chi connectivity index (χ4v) is 2.97. The first-order valence-electron chi connectivity index (χ1n) is 6.41. The third-order valence-corrected chi connectivity index (χ3v) is 3.73. The van der Waals surface area contributed by atoms with Gasteiger partial charge in [0.25, 0.3) is 0 Å². The molecule has 1 aromatic rings. The van der Waals surface area contributed by atoms with Gasteiger partial charge in [0, 0.05) is 0 Å². The maximum Gasteiger partial charge on any atom is -0.0156 e. The highest BCUT2D eigenvalue weighted by Crippen LogP contribution is 2.36. The van der Waals surface area contributed by atoms with Gasteiger partial charge in [-0.2, -0.15) is 0 Å². The van der Waals surface area contributed by atoms with Crippen LogP contribution in [0.3, 0.4) is 0 Å². The molecule has 0 aliphatic heterocycles. The number of fused-ring (bicyclic) bond motifs is 1. The lowest BCUT2D eigenvalue weighted by Gasteiger charge is -2.27. The molecule has 2 rings (SSSR count). The first-order valence-corrected chi connectivity index (χ1v) is 6.41. The summed E-state index contributed by atoms with van der Waals surface area (Å²) in [5, 5.41) is 0. The van der Waals surface area contributed by atoms with Crippen LogP contribution in [-0.4, -0.2) is 0 Å². The summed E-state index contributed by atoms with van der Waals surface area (Å²) in [7, 11) is 0. The Morgan fingerprint density at radius 2 is 2.20 bits per heavy atom. The summed E-state index contributed by atoms with van der Waals surface area (Å²) in [6, 6.07) is 6.83. The largest absolute Gasteiger partial charge is 0.0654 e. The van der Waals surface area contributed by atoms with Crippen molar-refractivity contribution in [2.45, 2.75) is 58.3 Å². The Kier molecular flexibility index (Phi) is 3.45. The first-order chi connectivity index (χ1) is 7.33. The standard InChI is InChI=1S/C15H22/c1-3-4-8-13-10-6-11-14-9-5-7-12(2)15(13)14/h5,7,9,13H,3-4,6,8,10-11H2,1-2H3. The van der Waals surface area contributed by atoms with Crippen molar-refractivity contribution in [3.8, 4) is 0 Å². The second-order valence-electron chi connectivity index (χ2n) is 4.88. The molecule has 0 N–H and O–H groups in total. The van der Waals surface area contributed by atoms with Crippen molar-refractivity contribution in [1.29, 1.82) is 0 Å². The van der Waals surface area contributed by atoms with Gasteiger partial charge in [-0.1, -0.05) is 38.0 Å². The molecule has 0 saturated heterocycles. The van der Waals surface area contributed by atoms with E-state index < -0.39 is 0 Å². The maximum absolute atomic E-state index is 2.33. The zero-order valence-corrected chi connectivity index (χ0v) is 10.1. The van der Waals surface area contributed by atoms with Crippen LogP contribution in [0.25, 0.3) is 0 Å². The van der Waals surface area contributed by atoms with Crippen LogP contribution in [0.2, 0.25) is 0 Å². The molecule has 0 heterocycles. The van der Waals surface area contributed by atoms with E-state index in [1.165, 1.54) is 44.1 Å². The van der Waals surface area contributed by atoms with Crippen molar-refractivity contribution >= 4 is 0 Å². The van der Waals surface area contributed by atoms with Crippen LogP contribution >= 0.6 is 0 Å². The molecule has 1 aromatic carbocycles. The van der Waals surface area contributed by atoms with E-state index in [9.17, 15) is 0 Å². The van der Waals surface area contributed by atoms with Crippen LogP contribution in [0.5, 0.6) is 0 Å². The summed E-state index contributed by atoms with van der Waals surface area (Å²) in [4.78, 5) is 0. The van der Waals surface area contributed by atoms with Gasteiger partial charge in [0.2, 0.25) is 0 Å². The highest BCUT2D eigenvalue weighted by molar-refractivity contribution is 5.39.